The van der Waals surface area contributed by atoms with E-state index in [0.29, 0.717) is 12.6 Å². The first-order chi connectivity index (χ1) is 8.83. The minimum absolute atomic E-state index is 0.199. The molecule has 8 heteroatoms. The molecule has 0 unspecified atom stereocenters. The molecule has 1 heterocycles. The molecule has 0 aromatic carbocycles. The molecule has 0 bridgehead atoms. The number of rotatable bonds is 6. The molecular weight excluding hydrogens is 271 g/mol. The topological polar surface area (TPSA) is 34.2 Å². The molecule has 0 fully saturated rings. The molecule has 1 rings (SSSR count). The molecule has 0 saturated heterocycles. The molecule has 0 amide bonds. The highest BCUT2D eigenvalue weighted by Crippen LogP contribution is 2.23. The predicted molar refractivity (Wildman–Crippen MR) is 59.1 cm³/mol. The molecule has 1 aromatic rings. The number of hydrogen-bond acceptors (Lipinski definition) is 3. The lowest BCUT2D eigenvalue weighted by Crippen LogP contribution is -2.11. The average Bonchev–Trinajstić information content (AvgIpc) is 2.28. The maximum Gasteiger partial charge on any atom is 0.389 e. The minimum atomic E-state index is -4.28. The van der Waals surface area contributed by atoms with Crippen molar-refractivity contribution in [2.75, 3.05) is 18.5 Å². The molecule has 1 aromatic heterocycles. The van der Waals surface area contributed by atoms with Gasteiger partial charge in [0.15, 0.2) is 17.5 Å². The van der Waals surface area contributed by atoms with Gasteiger partial charge in [0.25, 0.3) is 5.88 Å². The number of pyridine rings is 1. The quantitative estimate of drug-likeness (QED) is 0.641. The van der Waals surface area contributed by atoms with Gasteiger partial charge in [0.2, 0.25) is 0 Å². The van der Waals surface area contributed by atoms with E-state index in [1.54, 1.807) is 6.92 Å². The number of aromatic nitrogens is 1. The first-order valence-electron chi connectivity index (χ1n) is 5.63. The van der Waals surface area contributed by atoms with E-state index in [4.69, 9.17) is 4.74 Å². The van der Waals surface area contributed by atoms with Crippen LogP contribution in [0.15, 0.2) is 6.07 Å². The maximum atomic E-state index is 13.3. The van der Waals surface area contributed by atoms with Crippen LogP contribution in [0.3, 0.4) is 0 Å². The van der Waals surface area contributed by atoms with Gasteiger partial charge in [0.1, 0.15) is 0 Å². The third-order valence-corrected chi connectivity index (χ3v) is 2.08. The predicted octanol–water partition coefficient (Wildman–Crippen LogP) is 3.51. The summed E-state index contributed by atoms with van der Waals surface area (Å²) in [6, 6.07) is 0.573. The summed E-state index contributed by atoms with van der Waals surface area (Å²) in [5, 5.41) is 2.55. The van der Waals surface area contributed by atoms with Gasteiger partial charge in [-0.3, -0.25) is 0 Å². The zero-order valence-electron chi connectivity index (χ0n) is 10.2. The number of ether oxygens (including phenoxy) is 1. The Morgan fingerprint density at radius 2 is 1.95 bits per heavy atom. The van der Waals surface area contributed by atoms with Gasteiger partial charge in [-0.15, -0.1) is 0 Å². The van der Waals surface area contributed by atoms with Gasteiger partial charge in [-0.25, -0.2) is 8.78 Å². The fraction of sp³-hybridized carbons (Fsp3) is 0.545. The van der Waals surface area contributed by atoms with E-state index in [1.165, 1.54) is 0 Å². The Labute approximate surface area is 106 Å². The second-order valence-corrected chi connectivity index (χ2v) is 3.70. The van der Waals surface area contributed by atoms with Crippen LogP contribution in [-0.2, 0) is 0 Å². The van der Waals surface area contributed by atoms with Gasteiger partial charge < -0.3 is 10.1 Å². The number of alkyl halides is 3. The monoisotopic (exact) mass is 284 g/mol. The Bertz CT molecular complexity index is 422. The molecule has 0 saturated carbocycles. The Morgan fingerprint density at radius 1 is 1.26 bits per heavy atom. The van der Waals surface area contributed by atoms with E-state index in [1.807, 2.05) is 0 Å². The SMILES string of the molecule is CCNc1nc(OCCCC(F)(F)F)c(F)cc1F. The van der Waals surface area contributed by atoms with E-state index in [9.17, 15) is 22.0 Å². The van der Waals surface area contributed by atoms with Crippen molar-refractivity contribution < 1.29 is 26.7 Å². The first kappa shape index (κ1) is 15.5. The van der Waals surface area contributed by atoms with Crippen LogP contribution in [0, 0.1) is 11.6 Å². The van der Waals surface area contributed by atoms with Crippen molar-refractivity contribution >= 4 is 5.82 Å². The van der Waals surface area contributed by atoms with Gasteiger partial charge in [0, 0.05) is 19.0 Å². The lowest BCUT2D eigenvalue weighted by molar-refractivity contribution is -0.136. The summed E-state index contributed by atoms with van der Waals surface area (Å²) in [6.45, 7) is 1.71. The summed E-state index contributed by atoms with van der Waals surface area (Å²) in [5.74, 6) is -2.65. The minimum Gasteiger partial charge on any atom is -0.476 e. The maximum absolute atomic E-state index is 13.3. The van der Waals surface area contributed by atoms with Crippen molar-refractivity contribution in [1.82, 2.24) is 4.98 Å². The zero-order valence-corrected chi connectivity index (χ0v) is 10.2. The smallest absolute Gasteiger partial charge is 0.389 e. The Balaban J connectivity index is 2.60. The molecule has 0 aliphatic heterocycles. The second kappa shape index (κ2) is 6.53. The lowest BCUT2D eigenvalue weighted by Gasteiger charge is -2.10. The van der Waals surface area contributed by atoms with Gasteiger partial charge in [-0.2, -0.15) is 18.2 Å². The fourth-order valence-corrected chi connectivity index (χ4v) is 1.28. The molecular formula is C11H13F5N2O. The molecule has 0 aliphatic rings. The Kier molecular flexibility index (Phi) is 5.31. The fourth-order valence-electron chi connectivity index (χ4n) is 1.28. The largest absolute Gasteiger partial charge is 0.476 e. The summed E-state index contributed by atoms with van der Waals surface area (Å²) in [4.78, 5) is 3.53. The van der Waals surface area contributed by atoms with Crippen LogP contribution < -0.4 is 10.1 Å². The molecule has 0 atom stereocenters. The number of hydrogen-bond donors (Lipinski definition) is 1. The van der Waals surface area contributed by atoms with Crippen LogP contribution in [0.25, 0.3) is 0 Å². The summed E-state index contributed by atoms with van der Waals surface area (Å²) in [6.07, 6.45) is -5.64. The third kappa shape index (κ3) is 5.27. The molecule has 3 nitrogen and oxygen atoms in total. The number of halogens is 5. The van der Waals surface area contributed by atoms with Crippen LogP contribution in [0.5, 0.6) is 5.88 Å². The zero-order chi connectivity index (χ0) is 14.5. The molecule has 1 N–H and O–H groups in total. The lowest BCUT2D eigenvalue weighted by atomic mass is 10.3. The van der Waals surface area contributed by atoms with E-state index in [2.05, 4.69) is 10.3 Å². The first-order valence-corrected chi connectivity index (χ1v) is 5.63. The molecule has 108 valence electrons. The highest BCUT2D eigenvalue weighted by Gasteiger charge is 2.26. The third-order valence-electron chi connectivity index (χ3n) is 2.08. The molecule has 0 spiro atoms. The van der Waals surface area contributed by atoms with Crippen LogP contribution in [0.4, 0.5) is 27.8 Å². The number of anilines is 1. The van der Waals surface area contributed by atoms with Crippen LogP contribution >= 0.6 is 0 Å². The van der Waals surface area contributed by atoms with Crippen LogP contribution in [-0.4, -0.2) is 24.3 Å². The van der Waals surface area contributed by atoms with Crippen molar-refractivity contribution in [2.24, 2.45) is 0 Å². The second-order valence-electron chi connectivity index (χ2n) is 3.70. The van der Waals surface area contributed by atoms with Crippen molar-refractivity contribution in [1.29, 1.82) is 0 Å². The average molecular weight is 284 g/mol. The molecule has 0 aliphatic carbocycles. The van der Waals surface area contributed by atoms with Gasteiger partial charge in [-0.05, 0) is 13.3 Å². The summed E-state index contributed by atoms with van der Waals surface area (Å²) in [7, 11) is 0. The summed E-state index contributed by atoms with van der Waals surface area (Å²) < 4.78 is 66.8. The normalized spacial score (nSPS) is 11.5. The number of nitrogens with zero attached hydrogens (tertiary/aromatic N) is 1. The van der Waals surface area contributed by atoms with Crippen LogP contribution in [0.1, 0.15) is 19.8 Å². The summed E-state index contributed by atoms with van der Waals surface area (Å²) >= 11 is 0. The van der Waals surface area contributed by atoms with Crippen molar-refractivity contribution in [3.05, 3.63) is 17.7 Å². The van der Waals surface area contributed by atoms with E-state index in [0.717, 1.165) is 0 Å². The highest BCUT2D eigenvalue weighted by atomic mass is 19.4. The Hall–Kier alpha value is -1.60. The standard InChI is InChI=1S/C11H13F5N2O/c1-2-17-9-7(12)6-8(13)10(18-9)19-5-3-4-11(14,15)16/h6H,2-5H2,1H3,(H,17,18). The number of nitrogens with one attached hydrogen (secondary N) is 1. The van der Waals surface area contributed by atoms with Crippen molar-refractivity contribution in [3.8, 4) is 5.88 Å². The Morgan fingerprint density at radius 3 is 2.53 bits per heavy atom. The van der Waals surface area contributed by atoms with E-state index >= 15 is 0 Å². The van der Waals surface area contributed by atoms with E-state index in [-0.39, 0.29) is 18.8 Å². The van der Waals surface area contributed by atoms with Crippen molar-refractivity contribution in [2.45, 2.75) is 25.9 Å². The highest BCUT2D eigenvalue weighted by molar-refractivity contribution is 5.39. The van der Waals surface area contributed by atoms with E-state index < -0.39 is 30.1 Å². The van der Waals surface area contributed by atoms with Crippen molar-refractivity contribution in [3.63, 3.8) is 0 Å². The van der Waals surface area contributed by atoms with Gasteiger partial charge in [-0.1, -0.05) is 0 Å². The molecule has 0 radical (unpaired) electrons. The van der Waals surface area contributed by atoms with Gasteiger partial charge >= 0.3 is 6.18 Å². The van der Waals surface area contributed by atoms with Crippen LogP contribution in [0.2, 0.25) is 0 Å². The molecule has 19 heavy (non-hydrogen) atoms. The summed E-state index contributed by atoms with van der Waals surface area (Å²) in [5.41, 5.74) is 0. The van der Waals surface area contributed by atoms with Gasteiger partial charge in [0.05, 0.1) is 6.61 Å².